The van der Waals surface area contributed by atoms with Gasteiger partial charge < -0.3 is 9.84 Å². The molecule has 0 spiro atoms. The summed E-state index contributed by atoms with van der Waals surface area (Å²) in [6.07, 6.45) is 0. The summed E-state index contributed by atoms with van der Waals surface area (Å²) in [5.74, 6) is -0.517. The molecule has 2 aromatic rings. The van der Waals surface area contributed by atoms with Gasteiger partial charge in [0.05, 0.1) is 12.1 Å². The lowest BCUT2D eigenvalue weighted by Crippen LogP contribution is -2.24. The standard InChI is InChI=1S/C12H10ClFN2O2/c1-7-4-9(16-18-7)6-15-12(17)10-5-8(13)2-3-11(10)14/h2-5H,6H2,1H3,(H,15,17). The van der Waals surface area contributed by atoms with Gasteiger partial charge in [0.15, 0.2) is 0 Å². The number of benzene rings is 1. The summed E-state index contributed by atoms with van der Waals surface area (Å²) < 4.78 is 18.2. The van der Waals surface area contributed by atoms with Crippen molar-refractivity contribution < 1.29 is 13.7 Å². The maximum Gasteiger partial charge on any atom is 0.254 e. The van der Waals surface area contributed by atoms with Crippen molar-refractivity contribution in [2.45, 2.75) is 13.5 Å². The Morgan fingerprint density at radius 1 is 1.50 bits per heavy atom. The van der Waals surface area contributed by atoms with E-state index in [1.54, 1.807) is 13.0 Å². The van der Waals surface area contributed by atoms with E-state index in [4.69, 9.17) is 16.1 Å². The molecule has 2 rings (SSSR count). The van der Waals surface area contributed by atoms with Crippen molar-refractivity contribution in [3.63, 3.8) is 0 Å². The molecule has 0 saturated carbocycles. The number of amides is 1. The Balaban J connectivity index is 2.05. The molecule has 6 heteroatoms. The van der Waals surface area contributed by atoms with Crippen molar-refractivity contribution in [2.75, 3.05) is 0 Å². The van der Waals surface area contributed by atoms with Gasteiger partial charge in [0.1, 0.15) is 17.3 Å². The highest BCUT2D eigenvalue weighted by molar-refractivity contribution is 6.30. The highest BCUT2D eigenvalue weighted by atomic mass is 35.5. The quantitative estimate of drug-likeness (QED) is 0.931. The third-order valence-corrected chi connectivity index (χ3v) is 2.51. The molecule has 1 amide bonds. The van der Waals surface area contributed by atoms with Gasteiger partial charge in [-0.3, -0.25) is 4.79 Å². The van der Waals surface area contributed by atoms with Crippen molar-refractivity contribution in [1.29, 1.82) is 0 Å². The van der Waals surface area contributed by atoms with Gasteiger partial charge >= 0.3 is 0 Å². The molecule has 94 valence electrons. The zero-order valence-electron chi connectivity index (χ0n) is 9.54. The van der Waals surface area contributed by atoms with Crippen LogP contribution in [0.15, 0.2) is 28.8 Å². The van der Waals surface area contributed by atoms with Gasteiger partial charge in [0.25, 0.3) is 5.91 Å². The molecule has 0 aliphatic rings. The second kappa shape index (κ2) is 5.18. The number of hydrogen-bond acceptors (Lipinski definition) is 3. The minimum atomic E-state index is -0.617. The van der Waals surface area contributed by atoms with Crippen LogP contribution in [0.1, 0.15) is 21.8 Å². The van der Waals surface area contributed by atoms with E-state index in [1.165, 1.54) is 12.1 Å². The molecular weight excluding hydrogens is 259 g/mol. The Morgan fingerprint density at radius 3 is 2.94 bits per heavy atom. The van der Waals surface area contributed by atoms with Crippen LogP contribution in [-0.4, -0.2) is 11.1 Å². The maximum absolute atomic E-state index is 13.4. The molecule has 0 atom stereocenters. The molecule has 0 fully saturated rings. The van der Waals surface area contributed by atoms with Gasteiger partial charge in [-0.25, -0.2) is 4.39 Å². The Bertz CT molecular complexity index is 583. The molecular formula is C12H10ClFN2O2. The van der Waals surface area contributed by atoms with Gasteiger partial charge in [-0.1, -0.05) is 16.8 Å². The van der Waals surface area contributed by atoms with Gasteiger partial charge in [-0.05, 0) is 25.1 Å². The lowest BCUT2D eigenvalue weighted by molar-refractivity contribution is 0.0946. The summed E-state index contributed by atoms with van der Waals surface area (Å²) in [6.45, 7) is 1.91. The van der Waals surface area contributed by atoms with Gasteiger partial charge in [-0.15, -0.1) is 0 Å². The SMILES string of the molecule is Cc1cc(CNC(=O)c2cc(Cl)ccc2F)no1. The molecule has 0 bridgehead atoms. The van der Waals surface area contributed by atoms with Gasteiger partial charge in [-0.2, -0.15) is 0 Å². The predicted octanol–water partition coefficient (Wildman–Crippen LogP) is 2.71. The number of hydrogen-bond donors (Lipinski definition) is 1. The smallest absolute Gasteiger partial charge is 0.254 e. The topological polar surface area (TPSA) is 55.1 Å². The van der Waals surface area contributed by atoms with Crippen molar-refractivity contribution in [1.82, 2.24) is 10.5 Å². The van der Waals surface area contributed by atoms with Crippen LogP contribution in [-0.2, 0) is 6.54 Å². The second-order valence-electron chi connectivity index (χ2n) is 3.74. The Kier molecular flexibility index (Phi) is 3.62. The Labute approximate surface area is 108 Å². The number of nitrogens with zero attached hydrogens (tertiary/aromatic N) is 1. The summed E-state index contributed by atoms with van der Waals surface area (Å²) in [6, 6.07) is 5.50. The van der Waals surface area contributed by atoms with E-state index >= 15 is 0 Å². The van der Waals surface area contributed by atoms with Crippen LogP contribution in [0.2, 0.25) is 5.02 Å². The third-order valence-electron chi connectivity index (χ3n) is 2.28. The molecule has 4 nitrogen and oxygen atoms in total. The van der Waals surface area contributed by atoms with Crippen LogP contribution < -0.4 is 5.32 Å². The van der Waals surface area contributed by atoms with E-state index in [2.05, 4.69) is 10.5 Å². The zero-order chi connectivity index (χ0) is 13.1. The van der Waals surface area contributed by atoms with Gasteiger partial charge in [0, 0.05) is 11.1 Å². The maximum atomic E-state index is 13.4. The molecule has 1 aromatic carbocycles. The van der Waals surface area contributed by atoms with E-state index < -0.39 is 11.7 Å². The number of carbonyl (C=O) groups is 1. The first-order chi connectivity index (χ1) is 8.56. The molecule has 1 aromatic heterocycles. The lowest BCUT2D eigenvalue weighted by Gasteiger charge is -2.04. The second-order valence-corrected chi connectivity index (χ2v) is 4.17. The first-order valence-corrected chi connectivity index (χ1v) is 5.59. The van der Waals surface area contributed by atoms with Crippen molar-refractivity contribution >= 4 is 17.5 Å². The van der Waals surface area contributed by atoms with E-state index in [1.807, 2.05) is 0 Å². The number of aryl methyl sites for hydroxylation is 1. The van der Waals surface area contributed by atoms with E-state index in [9.17, 15) is 9.18 Å². The fraction of sp³-hybridized carbons (Fsp3) is 0.167. The molecule has 0 aliphatic carbocycles. The van der Waals surface area contributed by atoms with E-state index in [0.717, 1.165) is 6.07 Å². The zero-order valence-corrected chi connectivity index (χ0v) is 10.3. The summed E-state index contributed by atoms with van der Waals surface area (Å²) in [5.41, 5.74) is 0.478. The fourth-order valence-corrected chi connectivity index (χ4v) is 1.61. The monoisotopic (exact) mass is 268 g/mol. The molecule has 0 radical (unpaired) electrons. The van der Waals surface area contributed by atoms with Crippen molar-refractivity contribution in [2.24, 2.45) is 0 Å². The summed E-state index contributed by atoms with van der Waals surface area (Å²) in [4.78, 5) is 11.7. The average molecular weight is 269 g/mol. The van der Waals surface area contributed by atoms with E-state index in [-0.39, 0.29) is 12.1 Å². The number of halogens is 2. The molecule has 0 aliphatic heterocycles. The van der Waals surface area contributed by atoms with E-state index in [0.29, 0.717) is 16.5 Å². The molecule has 0 unspecified atom stereocenters. The van der Waals surface area contributed by atoms with Crippen LogP contribution in [0.5, 0.6) is 0 Å². The Morgan fingerprint density at radius 2 is 2.28 bits per heavy atom. The molecule has 18 heavy (non-hydrogen) atoms. The van der Waals surface area contributed by atoms with Crippen LogP contribution >= 0.6 is 11.6 Å². The first-order valence-electron chi connectivity index (χ1n) is 5.21. The van der Waals surface area contributed by atoms with Crippen LogP contribution in [0.4, 0.5) is 4.39 Å². The minimum absolute atomic E-state index is 0.0947. The molecule has 1 heterocycles. The summed E-state index contributed by atoms with van der Waals surface area (Å²) in [7, 11) is 0. The number of rotatable bonds is 3. The number of aromatic nitrogens is 1. The summed E-state index contributed by atoms with van der Waals surface area (Å²) >= 11 is 5.71. The number of nitrogens with one attached hydrogen (secondary N) is 1. The molecule has 0 saturated heterocycles. The summed E-state index contributed by atoms with van der Waals surface area (Å²) in [5, 5.41) is 6.55. The molecule has 1 N–H and O–H groups in total. The minimum Gasteiger partial charge on any atom is -0.361 e. The van der Waals surface area contributed by atoms with Crippen LogP contribution in [0, 0.1) is 12.7 Å². The fourth-order valence-electron chi connectivity index (χ4n) is 1.44. The lowest BCUT2D eigenvalue weighted by atomic mass is 10.2. The van der Waals surface area contributed by atoms with Gasteiger partial charge in [0.2, 0.25) is 0 Å². The van der Waals surface area contributed by atoms with Crippen molar-refractivity contribution in [3.8, 4) is 0 Å². The average Bonchev–Trinajstić information content (AvgIpc) is 2.75. The third kappa shape index (κ3) is 2.87. The van der Waals surface area contributed by atoms with Crippen molar-refractivity contribution in [3.05, 3.63) is 52.1 Å². The first kappa shape index (κ1) is 12.6. The Hall–Kier alpha value is -1.88. The largest absolute Gasteiger partial charge is 0.361 e. The predicted molar refractivity (Wildman–Crippen MR) is 63.8 cm³/mol. The number of carbonyl (C=O) groups excluding carboxylic acids is 1. The normalized spacial score (nSPS) is 10.4. The van der Waals surface area contributed by atoms with Crippen LogP contribution in [0.25, 0.3) is 0 Å². The van der Waals surface area contributed by atoms with Crippen LogP contribution in [0.3, 0.4) is 0 Å². The highest BCUT2D eigenvalue weighted by Crippen LogP contribution is 2.14. The highest BCUT2D eigenvalue weighted by Gasteiger charge is 2.12.